The maximum absolute atomic E-state index is 6.56. The fourth-order valence-corrected chi connectivity index (χ4v) is 5.64. The Balaban J connectivity index is 1.30. The number of ether oxygens (including phenoxy) is 3. The van der Waals surface area contributed by atoms with Crippen LogP contribution in [0.15, 0.2) is 60.7 Å². The molecule has 0 radical (unpaired) electrons. The molecule has 0 aliphatic carbocycles. The zero-order chi connectivity index (χ0) is 21.0. The lowest BCUT2D eigenvalue weighted by Gasteiger charge is -2.39. The lowest BCUT2D eigenvalue weighted by atomic mass is 9.98. The van der Waals surface area contributed by atoms with E-state index in [9.17, 15) is 0 Å². The Hall–Kier alpha value is -1.80. The van der Waals surface area contributed by atoms with Gasteiger partial charge in [-0.05, 0) is 31.4 Å². The first-order valence-electron chi connectivity index (χ1n) is 11.3. The van der Waals surface area contributed by atoms with Crippen molar-refractivity contribution < 1.29 is 19.0 Å². The summed E-state index contributed by atoms with van der Waals surface area (Å²) in [4.78, 5) is 8.94. The summed E-state index contributed by atoms with van der Waals surface area (Å²) in [5.74, 6) is -0.621. The highest BCUT2D eigenvalue weighted by Gasteiger charge is 2.61. The van der Waals surface area contributed by atoms with Crippen LogP contribution >= 0.6 is 0 Å². The molecule has 2 bridgehead atoms. The largest absolute Gasteiger partial charge is 0.343 e. The van der Waals surface area contributed by atoms with Crippen LogP contribution in [0.4, 0.5) is 0 Å². The normalized spacial score (nSPS) is 36.8. The Labute approximate surface area is 183 Å². The summed E-state index contributed by atoms with van der Waals surface area (Å²) in [6.45, 7) is 6.41. The van der Waals surface area contributed by atoms with Gasteiger partial charge in [-0.3, -0.25) is 9.74 Å². The predicted molar refractivity (Wildman–Crippen MR) is 115 cm³/mol. The standard InChI is InChI=1S/C25H30N2O4/c1-25(2)29-23-21-22(28-24(23)30-25)20-13-19(16-26(21)14-17-9-5-3-6-10-17)31-27(20)15-18-11-7-4-8-12-18/h3-12,19-24H,13-16H2,1-2H3/t19-,20+,21-,22-,23+,24+/m0/s1. The summed E-state index contributed by atoms with van der Waals surface area (Å²) in [7, 11) is 0. The molecule has 2 aromatic carbocycles. The molecule has 6 heteroatoms. The number of hydroxylamine groups is 2. The molecule has 0 unspecified atom stereocenters. The molecule has 4 heterocycles. The SMILES string of the molecule is CC1(C)O[C@H]2O[C@@H]3[C@@H]([C@H]2O1)N(Cc1ccccc1)C[C@@H]1C[C@H]3N(Cc2ccccc2)O1. The molecule has 164 valence electrons. The molecule has 2 aromatic rings. The Morgan fingerprint density at radius 1 is 0.871 bits per heavy atom. The van der Waals surface area contributed by atoms with Gasteiger partial charge in [0.15, 0.2) is 12.1 Å². The van der Waals surface area contributed by atoms with Gasteiger partial charge in [0.05, 0.1) is 24.3 Å². The zero-order valence-electron chi connectivity index (χ0n) is 18.1. The molecule has 31 heavy (non-hydrogen) atoms. The van der Waals surface area contributed by atoms with Crippen molar-refractivity contribution in [1.29, 1.82) is 0 Å². The molecule has 0 saturated carbocycles. The lowest BCUT2D eigenvalue weighted by molar-refractivity contribution is -0.243. The molecule has 0 N–H and O–H groups in total. The van der Waals surface area contributed by atoms with E-state index in [-0.39, 0.29) is 36.7 Å². The van der Waals surface area contributed by atoms with E-state index in [1.54, 1.807) is 0 Å². The number of fused-ring (bicyclic) bond motifs is 6. The second-order valence-electron chi connectivity index (χ2n) is 9.57. The summed E-state index contributed by atoms with van der Waals surface area (Å²) in [5.41, 5.74) is 2.54. The van der Waals surface area contributed by atoms with E-state index in [2.05, 4.69) is 64.6 Å². The third kappa shape index (κ3) is 3.71. The van der Waals surface area contributed by atoms with Crippen molar-refractivity contribution in [3.05, 3.63) is 71.8 Å². The van der Waals surface area contributed by atoms with E-state index in [1.807, 2.05) is 19.9 Å². The highest BCUT2D eigenvalue weighted by Crippen LogP contribution is 2.45. The van der Waals surface area contributed by atoms with Gasteiger partial charge in [-0.2, -0.15) is 5.06 Å². The van der Waals surface area contributed by atoms with Crippen LogP contribution in [-0.2, 0) is 32.1 Å². The van der Waals surface area contributed by atoms with Gasteiger partial charge >= 0.3 is 0 Å². The smallest absolute Gasteiger partial charge is 0.189 e. The minimum absolute atomic E-state index is 0.0222. The maximum Gasteiger partial charge on any atom is 0.189 e. The monoisotopic (exact) mass is 422 g/mol. The maximum atomic E-state index is 6.56. The van der Waals surface area contributed by atoms with E-state index in [0.29, 0.717) is 0 Å². The topological polar surface area (TPSA) is 43.4 Å². The van der Waals surface area contributed by atoms with Crippen LogP contribution in [0.2, 0.25) is 0 Å². The molecule has 6 nitrogen and oxygen atoms in total. The number of benzene rings is 2. The van der Waals surface area contributed by atoms with Crippen LogP contribution in [0.5, 0.6) is 0 Å². The molecular formula is C25H30N2O4. The quantitative estimate of drug-likeness (QED) is 0.753. The van der Waals surface area contributed by atoms with Crippen LogP contribution < -0.4 is 0 Å². The fourth-order valence-electron chi connectivity index (χ4n) is 5.64. The van der Waals surface area contributed by atoms with Crippen molar-refractivity contribution in [1.82, 2.24) is 9.96 Å². The first kappa shape index (κ1) is 19.9. The van der Waals surface area contributed by atoms with Gasteiger partial charge in [-0.15, -0.1) is 0 Å². The second kappa shape index (κ2) is 7.66. The number of likely N-dealkylation sites (tertiary alicyclic amines) is 1. The van der Waals surface area contributed by atoms with Gasteiger partial charge in [0.25, 0.3) is 0 Å². The summed E-state index contributed by atoms with van der Waals surface area (Å²) >= 11 is 0. The van der Waals surface area contributed by atoms with Crippen molar-refractivity contribution in [3.8, 4) is 0 Å². The van der Waals surface area contributed by atoms with Crippen molar-refractivity contribution in [2.75, 3.05) is 6.54 Å². The first-order chi connectivity index (χ1) is 15.1. The summed E-state index contributed by atoms with van der Waals surface area (Å²) in [6.07, 6.45) is 0.661. The van der Waals surface area contributed by atoms with Crippen LogP contribution in [-0.4, -0.2) is 59.0 Å². The minimum atomic E-state index is -0.621. The third-order valence-corrected chi connectivity index (χ3v) is 6.86. The number of hydrogen-bond acceptors (Lipinski definition) is 6. The van der Waals surface area contributed by atoms with E-state index in [0.717, 1.165) is 26.1 Å². The van der Waals surface area contributed by atoms with E-state index >= 15 is 0 Å². The van der Waals surface area contributed by atoms with Crippen molar-refractivity contribution >= 4 is 0 Å². The average Bonchev–Trinajstić information content (AvgIpc) is 3.34. The van der Waals surface area contributed by atoms with Crippen LogP contribution in [0.25, 0.3) is 0 Å². The molecular weight excluding hydrogens is 392 g/mol. The number of hydrogen-bond donors (Lipinski definition) is 0. The van der Waals surface area contributed by atoms with Crippen LogP contribution in [0.1, 0.15) is 31.4 Å². The molecule has 4 aliphatic heterocycles. The van der Waals surface area contributed by atoms with Crippen LogP contribution in [0.3, 0.4) is 0 Å². The molecule has 0 spiro atoms. The molecule has 6 rings (SSSR count). The van der Waals surface area contributed by atoms with E-state index in [4.69, 9.17) is 19.0 Å². The van der Waals surface area contributed by atoms with Gasteiger partial charge in [-0.1, -0.05) is 60.7 Å². The first-order valence-corrected chi connectivity index (χ1v) is 11.3. The predicted octanol–water partition coefficient (Wildman–Crippen LogP) is 3.32. The second-order valence-corrected chi connectivity index (χ2v) is 9.57. The Bertz CT molecular complexity index is 908. The third-order valence-electron chi connectivity index (χ3n) is 6.86. The molecule has 4 aliphatic rings. The van der Waals surface area contributed by atoms with E-state index in [1.165, 1.54) is 11.1 Å². The van der Waals surface area contributed by atoms with Crippen LogP contribution in [0, 0.1) is 0 Å². The van der Waals surface area contributed by atoms with E-state index < -0.39 is 5.79 Å². The van der Waals surface area contributed by atoms with Gasteiger partial charge in [-0.25, -0.2) is 0 Å². The summed E-state index contributed by atoms with van der Waals surface area (Å²) in [5, 5.41) is 2.14. The van der Waals surface area contributed by atoms with Gasteiger partial charge in [0, 0.05) is 19.6 Å². The zero-order valence-corrected chi connectivity index (χ0v) is 18.1. The van der Waals surface area contributed by atoms with Gasteiger partial charge in [0.2, 0.25) is 0 Å². The highest BCUT2D eigenvalue weighted by molar-refractivity contribution is 5.18. The molecule has 0 amide bonds. The Morgan fingerprint density at radius 2 is 1.55 bits per heavy atom. The fraction of sp³-hybridized carbons (Fsp3) is 0.520. The Kier molecular flexibility index (Phi) is 4.90. The summed E-state index contributed by atoms with van der Waals surface area (Å²) in [6, 6.07) is 21.4. The number of nitrogens with zero attached hydrogens (tertiary/aromatic N) is 2. The Morgan fingerprint density at radius 3 is 2.26 bits per heavy atom. The van der Waals surface area contributed by atoms with Gasteiger partial charge < -0.3 is 14.2 Å². The van der Waals surface area contributed by atoms with Gasteiger partial charge in [0.1, 0.15) is 6.10 Å². The molecule has 0 aromatic heterocycles. The lowest BCUT2D eigenvalue weighted by Crippen LogP contribution is -2.54. The average molecular weight is 423 g/mol. The molecule has 4 fully saturated rings. The molecule has 4 saturated heterocycles. The number of rotatable bonds is 4. The van der Waals surface area contributed by atoms with Crippen molar-refractivity contribution in [3.63, 3.8) is 0 Å². The molecule has 6 atom stereocenters. The minimum Gasteiger partial charge on any atom is -0.343 e. The van der Waals surface area contributed by atoms with Crippen molar-refractivity contribution in [2.24, 2.45) is 0 Å². The summed E-state index contributed by atoms with van der Waals surface area (Å²) < 4.78 is 19.1. The highest BCUT2D eigenvalue weighted by atomic mass is 16.8. The van der Waals surface area contributed by atoms with Crippen molar-refractivity contribution in [2.45, 2.75) is 75.8 Å².